The van der Waals surface area contributed by atoms with E-state index >= 15 is 0 Å². The number of aromatic amines is 1. The molecular formula is C35H55N5O6S. The number of H-pyrrole nitrogens is 1. The quantitative estimate of drug-likeness (QED) is 0.151. The third-order valence-corrected chi connectivity index (χ3v) is 11.7. The van der Waals surface area contributed by atoms with Crippen molar-refractivity contribution in [1.82, 2.24) is 25.9 Å². The molecule has 262 valence electrons. The first-order valence-corrected chi connectivity index (χ1v) is 18.7. The average Bonchev–Trinajstić information content (AvgIpc) is 3.54. The molecule has 1 aromatic heterocycles. The Morgan fingerprint density at radius 1 is 1.00 bits per heavy atom. The van der Waals surface area contributed by atoms with Crippen molar-refractivity contribution in [2.75, 3.05) is 12.3 Å². The van der Waals surface area contributed by atoms with Gasteiger partial charge in [0, 0.05) is 37.3 Å². The van der Waals surface area contributed by atoms with Gasteiger partial charge in [-0.1, -0.05) is 75.8 Å². The number of rotatable bonds is 18. The molecule has 0 bridgehead atoms. The fourth-order valence-electron chi connectivity index (χ4n) is 5.98. The zero-order valence-electron chi connectivity index (χ0n) is 28.5. The third kappa shape index (κ3) is 12.7. The van der Waals surface area contributed by atoms with E-state index in [9.17, 15) is 27.9 Å². The summed E-state index contributed by atoms with van der Waals surface area (Å²) in [7, 11) is -3.68. The molecule has 5 N–H and O–H groups in total. The maximum Gasteiger partial charge on any atom is 0.248 e. The molecular weight excluding hydrogens is 618 g/mol. The van der Waals surface area contributed by atoms with E-state index in [1.54, 1.807) is 27.0 Å². The average molecular weight is 674 g/mol. The number of carbonyl (C=O) groups is 3. The summed E-state index contributed by atoms with van der Waals surface area (Å²) >= 11 is 0. The van der Waals surface area contributed by atoms with Gasteiger partial charge < -0.3 is 26.0 Å². The van der Waals surface area contributed by atoms with Crippen LogP contribution in [0.2, 0.25) is 0 Å². The Kier molecular flexibility index (Phi) is 14.9. The number of sulfone groups is 1. The summed E-state index contributed by atoms with van der Waals surface area (Å²) < 4.78 is 25.5. The first kappa shape index (κ1) is 38.2. The molecule has 0 aliphatic heterocycles. The second-order valence-electron chi connectivity index (χ2n) is 14.0. The highest BCUT2D eigenvalue weighted by molar-refractivity contribution is 7.92. The highest BCUT2D eigenvalue weighted by atomic mass is 32.2. The van der Waals surface area contributed by atoms with Crippen LogP contribution in [0.4, 0.5) is 0 Å². The minimum absolute atomic E-state index is 0.0470. The third-order valence-electron chi connectivity index (χ3n) is 8.99. The van der Waals surface area contributed by atoms with E-state index in [0.717, 1.165) is 44.1 Å². The number of benzene rings is 1. The summed E-state index contributed by atoms with van der Waals surface area (Å²) in [5.41, 5.74) is 1.43. The molecule has 1 saturated carbocycles. The van der Waals surface area contributed by atoms with Crippen molar-refractivity contribution in [3.05, 3.63) is 54.1 Å². The second-order valence-corrected chi connectivity index (χ2v) is 16.8. The molecule has 0 spiro atoms. The molecule has 4 unspecified atom stereocenters. The fourth-order valence-corrected chi connectivity index (χ4v) is 7.28. The number of aliphatic hydroxyl groups excluding tert-OH is 1. The topological polar surface area (TPSA) is 170 Å². The molecule has 2 aromatic rings. The van der Waals surface area contributed by atoms with E-state index in [2.05, 4.69) is 25.9 Å². The largest absolute Gasteiger partial charge is 0.383 e. The Morgan fingerprint density at radius 3 is 2.32 bits per heavy atom. The van der Waals surface area contributed by atoms with Crippen LogP contribution in [0.3, 0.4) is 0 Å². The molecule has 3 amide bonds. The van der Waals surface area contributed by atoms with Crippen molar-refractivity contribution in [3.8, 4) is 0 Å². The van der Waals surface area contributed by atoms with Crippen LogP contribution in [-0.4, -0.2) is 76.4 Å². The molecule has 12 heteroatoms. The monoisotopic (exact) mass is 673 g/mol. The highest BCUT2D eigenvalue weighted by Gasteiger charge is 2.36. The molecule has 1 aliphatic carbocycles. The van der Waals surface area contributed by atoms with Gasteiger partial charge in [-0.25, -0.2) is 13.4 Å². The van der Waals surface area contributed by atoms with Gasteiger partial charge in [0.1, 0.15) is 12.1 Å². The summed E-state index contributed by atoms with van der Waals surface area (Å²) in [6, 6.07) is 7.66. The van der Waals surface area contributed by atoms with Crippen LogP contribution >= 0.6 is 0 Å². The lowest BCUT2D eigenvalue weighted by atomic mass is 9.83. The lowest BCUT2D eigenvalue weighted by Crippen LogP contribution is -2.54. The minimum Gasteiger partial charge on any atom is -0.383 e. The van der Waals surface area contributed by atoms with Gasteiger partial charge in [-0.3, -0.25) is 14.4 Å². The molecule has 0 saturated heterocycles. The molecule has 1 heterocycles. The Balaban J connectivity index is 1.83. The van der Waals surface area contributed by atoms with Gasteiger partial charge in [-0.05, 0) is 51.5 Å². The molecule has 11 nitrogen and oxygen atoms in total. The minimum atomic E-state index is -3.68. The molecule has 1 fully saturated rings. The summed E-state index contributed by atoms with van der Waals surface area (Å²) in [6.45, 7) is 7.32. The zero-order valence-corrected chi connectivity index (χ0v) is 29.3. The van der Waals surface area contributed by atoms with Crippen molar-refractivity contribution in [3.63, 3.8) is 0 Å². The number of aromatic nitrogens is 2. The predicted molar refractivity (Wildman–Crippen MR) is 183 cm³/mol. The number of carbonyl (C=O) groups excluding carboxylic acids is 3. The van der Waals surface area contributed by atoms with Gasteiger partial charge in [0.25, 0.3) is 0 Å². The number of aliphatic hydroxyl groups is 1. The van der Waals surface area contributed by atoms with Gasteiger partial charge in [-0.15, -0.1) is 0 Å². The zero-order chi connectivity index (χ0) is 34.5. The molecule has 4 atom stereocenters. The number of nitrogens with one attached hydrogen (secondary N) is 4. The summed E-state index contributed by atoms with van der Waals surface area (Å²) in [5, 5.41) is 19.5. The number of unbranched alkanes of at least 4 members (excludes halogenated alkanes) is 1. The van der Waals surface area contributed by atoms with E-state index < -0.39 is 56.4 Å². The van der Waals surface area contributed by atoms with Gasteiger partial charge >= 0.3 is 0 Å². The number of imidazole rings is 1. The molecule has 47 heavy (non-hydrogen) atoms. The van der Waals surface area contributed by atoms with E-state index in [4.69, 9.17) is 0 Å². The summed E-state index contributed by atoms with van der Waals surface area (Å²) in [5.74, 6) is -2.44. The molecule has 1 aromatic carbocycles. The lowest BCUT2D eigenvalue weighted by Gasteiger charge is -2.30. The maximum atomic E-state index is 14.0. The van der Waals surface area contributed by atoms with E-state index in [1.807, 2.05) is 37.3 Å². The van der Waals surface area contributed by atoms with Gasteiger partial charge in [0.2, 0.25) is 17.7 Å². The van der Waals surface area contributed by atoms with Crippen LogP contribution < -0.4 is 16.0 Å². The predicted octanol–water partition coefficient (Wildman–Crippen LogP) is 3.63. The van der Waals surface area contributed by atoms with Crippen LogP contribution in [0.15, 0.2) is 42.9 Å². The normalized spacial score (nSPS) is 16.9. The Labute approximate surface area is 280 Å². The fraction of sp³-hybridized carbons (Fsp3) is 0.657. The standard InChI is InChI=1S/C35H55N5O6S/c1-5-6-17-37-34(44)31(41)21-28(19-26-15-11-8-12-16-26)39-33(43)30(20-29-22-36-24-38-29)40-32(42)27(18-25-13-9-7-10-14-25)23-47(45,46)35(2,3)4/h7,9-10,13-14,22,24,26-28,30-31,41H,5-6,8,11-12,15-21,23H2,1-4H3,(H,36,38)(H,37,44)(H,39,43)(H,40,42). The first-order valence-electron chi connectivity index (χ1n) is 17.1. The van der Waals surface area contributed by atoms with Gasteiger partial charge in [0.05, 0.1) is 22.7 Å². The van der Waals surface area contributed by atoms with Crippen molar-refractivity contribution < 1.29 is 27.9 Å². The first-order chi connectivity index (χ1) is 22.3. The van der Waals surface area contributed by atoms with Crippen molar-refractivity contribution in [2.45, 2.75) is 121 Å². The summed E-state index contributed by atoms with van der Waals surface area (Å²) in [6.07, 6.45) is 9.82. The highest BCUT2D eigenvalue weighted by Crippen LogP contribution is 2.28. The van der Waals surface area contributed by atoms with E-state index in [0.29, 0.717) is 24.6 Å². The Morgan fingerprint density at radius 2 is 1.70 bits per heavy atom. The Hall–Kier alpha value is -3.25. The SMILES string of the molecule is CCCCNC(=O)C(O)CC(CC1CCCCC1)NC(=O)C(Cc1cnc[nH]1)NC(=O)C(Cc1ccccc1)CS(=O)(=O)C(C)(C)C. The van der Waals surface area contributed by atoms with Crippen LogP contribution in [0.25, 0.3) is 0 Å². The number of amides is 3. The smallest absolute Gasteiger partial charge is 0.248 e. The van der Waals surface area contributed by atoms with Crippen molar-refractivity contribution in [2.24, 2.45) is 11.8 Å². The van der Waals surface area contributed by atoms with Crippen LogP contribution in [0.1, 0.15) is 96.7 Å². The lowest BCUT2D eigenvalue weighted by molar-refractivity contribution is -0.132. The van der Waals surface area contributed by atoms with Crippen molar-refractivity contribution >= 4 is 27.6 Å². The maximum absolute atomic E-state index is 14.0. The summed E-state index contributed by atoms with van der Waals surface area (Å²) in [4.78, 5) is 47.6. The number of hydrogen-bond donors (Lipinski definition) is 5. The number of hydrogen-bond acceptors (Lipinski definition) is 7. The van der Waals surface area contributed by atoms with E-state index in [1.165, 1.54) is 12.7 Å². The van der Waals surface area contributed by atoms with Gasteiger partial charge in [0.15, 0.2) is 9.84 Å². The Bertz CT molecular complexity index is 1350. The van der Waals surface area contributed by atoms with Crippen LogP contribution in [0, 0.1) is 11.8 Å². The number of nitrogens with zero attached hydrogens (tertiary/aromatic N) is 1. The van der Waals surface area contributed by atoms with Crippen LogP contribution in [0.5, 0.6) is 0 Å². The van der Waals surface area contributed by atoms with Crippen molar-refractivity contribution in [1.29, 1.82) is 0 Å². The van der Waals surface area contributed by atoms with Crippen LogP contribution in [-0.2, 0) is 37.1 Å². The molecule has 0 radical (unpaired) electrons. The van der Waals surface area contributed by atoms with Gasteiger partial charge in [-0.2, -0.15) is 0 Å². The molecule has 3 rings (SSSR count). The molecule has 1 aliphatic rings. The van der Waals surface area contributed by atoms with E-state index in [-0.39, 0.29) is 25.0 Å². The second kappa shape index (κ2) is 18.3.